The normalized spacial score (nSPS) is 10.7. The van der Waals surface area contributed by atoms with Gasteiger partial charge in [-0.15, -0.1) is 0 Å². The molecule has 0 bridgehead atoms. The van der Waals surface area contributed by atoms with Crippen molar-refractivity contribution in [2.24, 2.45) is 0 Å². The summed E-state index contributed by atoms with van der Waals surface area (Å²) in [5.41, 5.74) is 9.75. The minimum atomic E-state index is 1.18. The summed E-state index contributed by atoms with van der Waals surface area (Å²) in [6.07, 6.45) is 0. The Kier molecular flexibility index (Phi) is 5.58. The van der Waals surface area contributed by atoms with Crippen LogP contribution in [0.25, 0.3) is 11.1 Å². The Morgan fingerprint density at radius 3 is 1.13 bits per heavy atom. The quantitative estimate of drug-likeness (QED) is 0.347. The van der Waals surface area contributed by atoms with Crippen LogP contribution in [0.4, 0.5) is 22.7 Å². The van der Waals surface area contributed by atoms with Gasteiger partial charge in [0.15, 0.2) is 0 Å². The highest BCUT2D eigenvalue weighted by Gasteiger charge is 2.07. The molecule has 0 saturated carbocycles. The van der Waals surface area contributed by atoms with Crippen LogP contribution in [0.3, 0.4) is 0 Å². The van der Waals surface area contributed by atoms with Crippen LogP contribution in [-0.4, -0.2) is 14.1 Å². The van der Waals surface area contributed by atoms with Crippen molar-refractivity contribution in [1.29, 1.82) is 0 Å². The number of rotatable bonds is 5. The lowest BCUT2D eigenvalue weighted by atomic mass is 10.0. The lowest BCUT2D eigenvalue weighted by Gasteiger charge is -2.21. The zero-order valence-corrected chi connectivity index (χ0v) is 18.1. The smallest absolute Gasteiger partial charge is 0.0410 e. The fourth-order valence-electron chi connectivity index (χ4n) is 3.73. The van der Waals surface area contributed by atoms with Crippen LogP contribution in [0, 0.1) is 13.8 Å². The molecule has 0 aliphatic carbocycles. The largest absolute Gasteiger partial charge is 0.345 e. The lowest BCUT2D eigenvalue weighted by Crippen LogP contribution is -2.09. The first-order valence-corrected chi connectivity index (χ1v) is 10.3. The van der Waals surface area contributed by atoms with Crippen molar-refractivity contribution in [1.82, 2.24) is 0 Å². The Balaban J connectivity index is 1.52. The SMILES string of the molecule is Cc1cccc(N(C)c2ccc(-c3ccc(N(C)c4cccc(C)c4)cc3)cc2)c1. The molecule has 0 N–H and O–H groups in total. The van der Waals surface area contributed by atoms with Gasteiger partial charge in [-0.1, -0.05) is 48.5 Å². The van der Waals surface area contributed by atoms with Crippen molar-refractivity contribution in [3.8, 4) is 11.1 Å². The van der Waals surface area contributed by atoms with Gasteiger partial charge in [0, 0.05) is 36.8 Å². The average molecular weight is 393 g/mol. The van der Waals surface area contributed by atoms with E-state index in [1.54, 1.807) is 0 Å². The Morgan fingerprint density at radius 2 is 0.800 bits per heavy atom. The molecule has 0 atom stereocenters. The summed E-state index contributed by atoms with van der Waals surface area (Å²) in [6, 6.07) is 34.7. The Bertz CT molecular complexity index is 1030. The highest BCUT2D eigenvalue weighted by atomic mass is 15.1. The number of anilines is 4. The van der Waals surface area contributed by atoms with E-state index in [0.717, 1.165) is 0 Å². The minimum Gasteiger partial charge on any atom is -0.345 e. The topological polar surface area (TPSA) is 6.48 Å². The van der Waals surface area contributed by atoms with Crippen molar-refractivity contribution < 1.29 is 0 Å². The Morgan fingerprint density at radius 1 is 0.433 bits per heavy atom. The molecule has 4 aromatic rings. The van der Waals surface area contributed by atoms with E-state index in [0.29, 0.717) is 0 Å². The molecule has 0 spiro atoms. The van der Waals surface area contributed by atoms with Crippen LogP contribution in [0.1, 0.15) is 11.1 Å². The molecule has 0 heterocycles. The summed E-state index contributed by atoms with van der Waals surface area (Å²) < 4.78 is 0. The second-order valence-electron chi connectivity index (χ2n) is 7.89. The van der Waals surface area contributed by atoms with Crippen LogP contribution >= 0.6 is 0 Å². The van der Waals surface area contributed by atoms with Crippen LogP contribution < -0.4 is 9.80 Å². The third kappa shape index (κ3) is 4.23. The van der Waals surface area contributed by atoms with Gasteiger partial charge < -0.3 is 9.80 Å². The third-order valence-electron chi connectivity index (χ3n) is 5.62. The number of hydrogen-bond acceptors (Lipinski definition) is 2. The predicted octanol–water partition coefficient (Wildman–Crippen LogP) is 7.51. The molecule has 0 aromatic heterocycles. The second-order valence-corrected chi connectivity index (χ2v) is 7.89. The third-order valence-corrected chi connectivity index (χ3v) is 5.62. The van der Waals surface area contributed by atoms with E-state index >= 15 is 0 Å². The van der Waals surface area contributed by atoms with Crippen LogP contribution in [0.5, 0.6) is 0 Å². The Labute approximate surface area is 180 Å². The zero-order chi connectivity index (χ0) is 21.1. The molecule has 0 fully saturated rings. The molecular weight excluding hydrogens is 364 g/mol. The summed E-state index contributed by atoms with van der Waals surface area (Å²) in [6.45, 7) is 4.25. The van der Waals surface area contributed by atoms with E-state index in [1.807, 2.05) is 0 Å². The molecule has 2 nitrogen and oxygen atoms in total. The predicted molar refractivity (Wildman–Crippen MR) is 130 cm³/mol. The second kappa shape index (κ2) is 8.46. The van der Waals surface area contributed by atoms with Crippen molar-refractivity contribution in [2.75, 3.05) is 23.9 Å². The molecule has 150 valence electrons. The maximum Gasteiger partial charge on any atom is 0.0410 e. The van der Waals surface area contributed by atoms with Crippen molar-refractivity contribution in [3.05, 3.63) is 108 Å². The Hall–Kier alpha value is -3.52. The molecular formula is C28H28N2. The standard InChI is InChI=1S/C28H28N2/c1-21-7-5-9-27(19-21)29(3)25-15-11-23(12-16-25)24-13-17-26(18-14-24)30(4)28-10-6-8-22(2)20-28/h5-20H,1-4H3. The fourth-order valence-corrected chi connectivity index (χ4v) is 3.73. The van der Waals surface area contributed by atoms with E-state index < -0.39 is 0 Å². The van der Waals surface area contributed by atoms with Crippen molar-refractivity contribution in [3.63, 3.8) is 0 Å². The van der Waals surface area contributed by atoms with E-state index in [-0.39, 0.29) is 0 Å². The van der Waals surface area contributed by atoms with Gasteiger partial charge in [0.2, 0.25) is 0 Å². The fraction of sp³-hybridized carbons (Fsp3) is 0.143. The summed E-state index contributed by atoms with van der Waals surface area (Å²) in [7, 11) is 4.22. The van der Waals surface area contributed by atoms with E-state index in [4.69, 9.17) is 0 Å². The van der Waals surface area contributed by atoms with E-state index in [2.05, 4.69) is 135 Å². The molecule has 30 heavy (non-hydrogen) atoms. The summed E-state index contributed by atoms with van der Waals surface area (Å²) in [5.74, 6) is 0. The van der Waals surface area contributed by atoms with Gasteiger partial charge >= 0.3 is 0 Å². The average Bonchev–Trinajstić information content (AvgIpc) is 2.78. The molecule has 0 amide bonds. The number of aryl methyl sites for hydroxylation is 2. The van der Waals surface area contributed by atoms with Gasteiger partial charge in [-0.05, 0) is 84.6 Å². The van der Waals surface area contributed by atoms with E-state index in [1.165, 1.54) is 45.0 Å². The van der Waals surface area contributed by atoms with Crippen LogP contribution in [-0.2, 0) is 0 Å². The molecule has 4 aromatic carbocycles. The summed E-state index contributed by atoms with van der Waals surface area (Å²) in [4.78, 5) is 4.44. The first-order valence-electron chi connectivity index (χ1n) is 10.3. The van der Waals surface area contributed by atoms with Gasteiger partial charge in [0.05, 0.1) is 0 Å². The molecule has 0 saturated heterocycles. The highest BCUT2D eigenvalue weighted by molar-refractivity contribution is 5.72. The zero-order valence-electron chi connectivity index (χ0n) is 18.1. The molecule has 2 heteroatoms. The van der Waals surface area contributed by atoms with Gasteiger partial charge in [-0.25, -0.2) is 0 Å². The maximum atomic E-state index is 2.22. The molecule has 0 unspecified atom stereocenters. The maximum absolute atomic E-state index is 2.22. The number of nitrogens with zero attached hydrogens (tertiary/aromatic N) is 2. The van der Waals surface area contributed by atoms with Crippen LogP contribution in [0.2, 0.25) is 0 Å². The van der Waals surface area contributed by atoms with E-state index in [9.17, 15) is 0 Å². The van der Waals surface area contributed by atoms with Gasteiger partial charge in [-0.2, -0.15) is 0 Å². The first-order chi connectivity index (χ1) is 14.5. The molecule has 0 radical (unpaired) electrons. The van der Waals surface area contributed by atoms with Gasteiger partial charge in [0.1, 0.15) is 0 Å². The van der Waals surface area contributed by atoms with Crippen molar-refractivity contribution >= 4 is 22.7 Å². The highest BCUT2D eigenvalue weighted by Crippen LogP contribution is 2.30. The lowest BCUT2D eigenvalue weighted by molar-refractivity contribution is 1.20. The first kappa shape index (κ1) is 19.8. The molecule has 4 rings (SSSR count). The summed E-state index contributed by atoms with van der Waals surface area (Å²) in [5, 5.41) is 0. The number of hydrogen-bond donors (Lipinski definition) is 0. The minimum absolute atomic E-state index is 1.18. The molecule has 0 aliphatic rings. The summed E-state index contributed by atoms with van der Waals surface area (Å²) >= 11 is 0. The van der Waals surface area contributed by atoms with Gasteiger partial charge in [-0.3, -0.25) is 0 Å². The van der Waals surface area contributed by atoms with Crippen molar-refractivity contribution in [2.45, 2.75) is 13.8 Å². The number of benzene rings is 4. The van der Waals surface area contributed by atoms with Crippen LogP contribution in [0.15, 0.2) is 97.1 Å². The monoisotopic (exact) mass is 392 g/mol. The molecule has 0 aliphatic heterocycles. The van der Waals surface area contributed by atoms with Gasteiger partial charge in [0.25, 0.3) is 0 Å².